The predicted molar refractivity (Wildman–Crippen MR) is 101 cm³/mol. The van der Waals surface area contributed by atoms with Gasteiger partial charge in [-0.15, -0.1) is 0 Å². The Morgan fingerprint density at radius 3 is 2.23 bits per heavy atom. The number of carbonyl (C=O) groups is 3. The lowest BCUT2D eigenvalue weighted by Gasteiger charge is -2.38. The van der Waals surface area contributed by atoms with E-state index in [9.17, 15) is 14.4 Å². The van der Waals surface area contributed by atoms with E-state index in [1.807, 2.05) is 13.8 Å². The van der Waals surface area contributed by atoms with Crippen molar-refractivity contribution in [3.8, 4) is 0 Å². The number of carbonyl (C=O) groups excluding carboxylic acids is 3. The zero-order chi connectivity index (χ0) is 19.1. The molecule has 7 nitrogen and oxygen atoms in total. The van der Waals surface area contributed by atoms with Gasteiger partial charge >= 0.3 is 11.8 Å². The molecule has 2 heterocycles. The third-order valence-electron chi connectivity index (χ3n) is 5.54. The summed E-state index contributed by atoms with van der Waals surface area (Å²) in [6, 6.07) is -0.598. The van der Waals surface area contributed by atoms with E-state index in [1.165, 1.54) is 19.3 Å². The van der Waals surface area contributed by atoms with Crippen molar-refractivity contribution >= 4 is 17.7 Å². The molecule has 3 atom stereocenters. The van der Waals surface area contributed by atoms with Gasteiger partial charge in [0.15, 0.2) is 0 Å². The number of hydrogen-bond acceptors (Lipinski definition) is 4. The highest BCUT2D eigenvalue weighted by atomic mass is 16.2. The lowest BCUT2D eigenvalue weighted by atomic mass is 9.97. The largest absolute Gasteiger partial charge is 0.353 e. The Morgan fingerprint density at radius 1 is 1.00 bits per heavy atom. The van der Waals surface area contributed by atoms with Crippen LogP contribution < -0.4 is 10.6 Å². The van der Waals surface area contributed by atoms with E-state index in [4.69, 9.17) is 0 Å². The van der Waals surface area contributed by atoms with E-state index in [1.54, 1.807) is 11.8 Å². The highest BCUT2D eigenvalue weighted by Crippen LogP contribution is 2.22. The Bertz CT molecular complexity index is 495. The molecule has 0 bridgehead atoms. The highest BCUT2D eigenvalue weighted by Gasteiger charge is 2.33. The van der Waals surface area contributed by atoms with Crippen molar-refractivity contribution < 1.29 is 14.4 Å². The van der Waals surface area contributed by atoms with Gasteiger partial charge in [0.25, 0.3) is 0 Å². The normalized spacial score (nSPS) is 25.4. The summed E-state index contributed by atoms with van der Waals surface area (Å²) in [7, 11) is 0. The van der Waals surface area contributed by atoms with E-state index in [0.717, 1.165) is 38.9 Å². The van der Waals surface area contributed by atoms with Crippen LogP contribution >= 0.6 is 0 Å². The van der Waals surface area contributed by atoms with Crippen LogP contribution in [0.4, 0.5) is 0 Å². The maximum atomic E-state index is 12.5. The van der Waals surface area contributed by atoms with Crippen LogP contribution in [0.5, 0.6) is 0 Å². The maximum Gasteiger partial charge on any atom is 0.312 e. The molecular weight excluding hydrogens is 332 g/mol. The number of nitrogens with zero attached hydrogens (tertiary/aromatic N) is 2. The van der Waals surface area contributed by atoms with Crippen LogP contribution in [0.2, 0.25) is 0 Å². The number of nitrogens with one attached hydrogen (secondary N) is 2. The third kappa shape index (κ3) is 5.69. The Hall–Kier alpha value is -1.63. The van der Waals surface area contributed by atoms with Gasteiger partial charge in [-0.1, -0.05) is 6.42 Å². The maximum absolute atomic E-state index is 12.5. The van der Waals surface area contributed by atoms with Gasteiger partial charge in [0.2, 0.25) is 5.91 Å². The van der Waals surface area contributed by atoms with Crippen LogP contribution in [0.25, 0.3) is 0 Å². The number of piperidine rings is 2. The number of amides is 3. The highest BCUT2D eigenvalue weighted by molar-refractivity contribution is 6.35. The van der Waals surface area contributed by atoms with Crippen molar-refractivity contribution in [2.24, 2.45) is 0 Å². The molecule has 0 aromatic heterocycles. The summed E-state index contributed by atoms with van der Waals surface area (Å²) in [5, 5.41) is 5.40. The monoisotopic (exact) mass is 366 g/mol. The molecule has 7 heteroatoms. The second-order valence-corrected chi connectivity index (χ2v) is 7.73. The first-order chi connectivity index (χ1) is 12.4. The molecule has 2 aliphatic rings. The molecule has 148 valence electrons. The van der Waals surface area contributed by atoms with Gasteiger partial charge in [-0.3, -0.25) is 14.4 Å². The topological polar surface area (TPSA) is 81.8 Å². The molecule has 0 radical (unpaired) electrons. The minimum Gasteiger partial charge on any atom is -0.353 e. The van der Waals surface area contributed by atoms with Crippen molar-refractivity contribution in [2.45, 2.75) is 77.4 Å². The van der Waals surface area contributed by atoms with Crippen LogP contribution in [0, 0.1) is 0 Å². The smallest absolute Gasteiger partial charge is 0.312 e. The Balaban J connectivity index is 1.74. The molecular formula is C19H34N4O3. The van der Waals surface area contributed by atoms with Gasteiger partial charge < -0.3 is 20.4 Å². The second-order valence-electron chi connectivity index (χ2n) is 7.73. The van der Waals surface area contributed by atoms with Crippen molar-refractivity contribution in [1.82, 2.24) is 20.4 Å². The van der Waals surface area contributed by atoms with Crippen LogP contribution in [-0.4, -0.2) is 71.8 Å². The van der Waals surface area contributed by atoms with Crippen LogP contribution in [0.1, 0.15) is 59.3 Å². The molecule has 2 rings (SSSR count). The molecule has 2 aliphatic heterocycles. The zero-order valence-electron chi connectivity index (χ0n) is 16.4. The van der Waals surface area contributed by atoms with Gasteiger partial charge in [-0.2, -0.15) is 0 Å². The van der Waals surface area contributed by atoms with Gasteiger partial charge in [-0.25, -0.2) is 0 Å². The van der Waals surface area contributed by atoms with E-state index >= 15 is 0 Å². The molecule has 0 aromatic rings. The Morgan fingerprint density at radius 2 is 1.62 bits per heavy atom. The summed E-state index contributed by atoms with van der Waals surface area (Å²) >= 11 is 0. The minimum atomic E-state index is -0.719. The number of rotatable bonds is 5. The lowest BCUT2D eigenvalue weighted by molar-refractivity contribution is -0.150. The summed E-state index contributed by atoms with van der Waals surface area (Å²) in [6.07, 6.45) is 6.62. The first kappa shape index (κ1) is 20.7. The van der Waals surface area contributed by atoms with E-state index < -0.39 is 17.9 Å². The van der Waals surface area contributed by atoms with Gasteiger partial charge in [0.05, 0.1) is 0 Å². The van der Waals surface area contributed by atoms with Gasteiger partial charge in [0.1, 0.15) is 6.04 Å². The fourth-order valence-corrected chi connectivity index (χ4v) is 3.94. The molecule has 0 aliphatic carbocycles. The lowest BCUT2D eigenvalue weighted by Crippen LogP contribution is -2.55. The van der Waals surface area contributed by atoms with Crippen LogP contribution in [0.15, 0.2) is 0 Å². The summed E-state index contributed by atoms with van der Waals surface area (Å²) in [5.41, 5.74) is 0. The first-order valence-electron chi connectivity index (χ1n) is 10.0. The number of hydrogen-bond donors (Lipinski definition) is 2. The summed E-state index contributed by atoms with van der Waals surface area (Å²) in [4.78, 5) is 40.9. The summed E-state index contributed by atoms with van der Waals surface area (Å²) in [5.74, 6) is -1.47. The number of likely N-dealkylation sites (tertiary alicyclic amines) is 2. The van der Waals surface area contributed by atoms with Crippen molar-refractivity contribution in [3.63, 3.8) is 0 Å². The first-order valence-corrected chi connectivity index (χ1v) is 10.0. The predicted octanol–water partition coefficient (Wildman–Crippen LogP) is 0.883. The van der Waals surface area contributed by atoms with Crippen LogP contribution in [-0.2, 0) is 14.4 Å². The second kappa shape index (κ2) is 9.90. The Kier molecular flexibility index (Phi) is 7.87. The van der Waals surface area contributed by atoms with Crippen molar-refractivity contribution in [2.75, 3.05) is 26.2 Å². The molecule has 2 saturated heterocycles. The third-order valence-corrected chi connectivity index (χ3v) is 5.54. The van der Waals surface area contributed by atoms with Crippen molar-refractivity contribution in [3.05, 3.63) is 0 Å². The summed E-state index contributed by atoms with van der Waals surface area (Å²) < 4.78 is 0. The molecule has 2 N–H and O–H groups in total. The average molecular weight is 367 g/mol. The molecule has 2 fully saturated rings. The summed E-state index contributed by atoms with van der Waals surface area (Å²) in [6.45, 7) is 9.12. The molecule has 26 heavy (non-hydrogen) atoms. The van der Waals surface area contributed by atoms with E-state index in [0.29, 0.717) is 6.54 Å². The van der Waals surface area contributed by atoms with Crippen molar-refractivity contribution in [1.29, 1.82) is 0 Å². The molecule has 0 saturated carbocycles. The average Bonchev–Trinajstić information content (AvgIpc) is 2.62. The molecule has 3 amide bonds. The minimum absolute atomic E-state index is 0.0608. The van der Waals surface area contributed by atoms with Crippen LogP contribution in [0.3, 0.4) is 0 Å². The fourth-order valence-electron chi connectivity index (χ4n) is 3.94. The zero-order valence-corrected chi connectivity index (χ0v) is 16.4. The molecule has 0 aromatic carbocycles. The van der Waals surface area contributed by atoms with E-state index in [-0.39, 0.29) is 18.0 Å². The molecule has 0 spiro atoms. The van der Waals surface area contributed by atoms with Gasteiger partial charge in [0, 0.05) is 25.2 Å². The SMILES string of the molecule is C[C@@H](NC(=O)C(=O)N1[C@@H](C)CCC[C@@H]1C)C(=O)NCCN1CCCCC1. The standard InChI is InChI=1S/C19H34N4O3/c1-14-8-7-9-15(2)23(14)19(26)18(25)21-16(3)17(24)20-10-13-22-11-5-4-6-12-22/h14-16H,4-13H2,1-3H3,(H,20,24)(H,21,25)/t14-,15-,16+/m0/s1. The van der Waals surface area contributed by atoms with Gasteiger partial charge in [-0.05, 0) is 66.0 Å². The van der Waals surface area contributed by atoms with E-state index in [2.05, 4.69) is 15.5 Å². The Labute approximate surface area is 156 Å². The quantitative estimate of drug-likeness (QED) is 0.708. The fraction of sp³-hybridized carbons (Fsp3) is 0.842. The molecule has 0 unspecified atom stereocenters.